The Labute approximate surface area is 138 Å². The Morgan fingerprint density at radius 1 is 1.17 bits per heavy atom. The Bertz CT molecular complexity index is 721. The average molecular weight is 332 g/mol. The lowest BCUT2D eigenvalue weighted by Crippen LogP contribution is -2.46. The lowest BCUT2D eigenvalue weighted by atomic mass is 9.55. The number of rotatable bonds is 3. The van der Waals surface area contributed by atoms with Crippen molar-refractivity contribution in [2.24, 2.45) is 28.8 Å². The topological polar surface area (TPSA) is 90.1 Å². The largest absolute Gasteiger partial charge is 0.335 e. The lowest BCUT2D eigenvalue weighted by molar-refractivity contribution is -0.120. The first kappa shape index (κ1) is 14.8. The molecule has 0 aliphatic heterocycles. The zero-order chi connectivity index (χ0) is 16.0. The van der Waals surface area contributed by atoms with E-state index in [0.29, 0.717) is 17.5 Å². The molecule has 3 N–H and O–H groups in total. The van der Waals surface area contributed by atoms with Crippen LogP contribution in [-0.2, 0) is 11.2 Å². The van der Waals surface area contributed by atoms with Gasteiger partial charge >= 0.3 is 0 Å². The highest BCUT2D eigenvalue weighted by atomic mass is 32.1. The van der Waals surface area contributed by atoms with Gasteiger partial charge in [0.05, 0.1) is 6.42 Å². The van der Waals surface area contributed by atoms with E-state index in [1.807, 2.05) is 0 Å². The Kier molecular flexibility index (Phi) is 3.67. The molecule has 1 amide bonds. The molecule has 4 aliphatic carbocycles. The molecule has 7 heteroatoms. The number of nitrogens with one attached hydrogen (secondary N) is 3. The SMILES string of the molecule is O=C(Cc1cc(=O)[nH]c(=S)[nH]1)NN=C1C2CC3CC(C2)CC1C3. The Balaban J connectivity index is 1.43. The Morgan fingerprint density at radius 2 is 1.83 bits per heavy atom. The van der Waals surface area contributed by atoms with E-state index in [0.717, 1.165) is 11.8 Å². The standard InChI is InChI=1S/C16H20N4O2S/c21-13-6-12(17-16(23)18-13)7-14(22)19-20-15-10-2-8-1-9(4-10)5-11(15)3-8/h6,8-11H,1-5,7H2,(H,19,22)(H2,17,18,21,23). The quantitative estimate of drug-likeness (QED) is 0.583. The highest BCUT2D eigenvalue weighted by Gasteiger charge is 2.46. The van der Waals surface area contributed by atoms with Gasteiger partial charge in [0.15, 0.2) is 4.77 Å². The summed E-state index contributed by atoms with van der Waals surface area (Å²) in [5, 5.41) is 4.45. The summed E-state index contributed by atoms with van der Waals surface area (Å²) in [5.41, 5.74) is 4.08. The summed E-state index contributed by atoms with van der Waals surface area (Å²) in [6.45, 7) is 0. The number of carbonyl (C=O) groups excluding carboxylic acids is 1. The second kappa shape index (κ2) is 5.70. The number of amides is 1. The monoisotopic (exact) mass is 332 g/mol. The van der Waals surface area contributed by atoms with Crippen LogP contribution < -0.4 is 11.0 Å². The number of hydrogen-bond donors (Lipinski definition) is 3. The third-order valence-corrected chi connectivity index (χ3v) is 5.66. The van der Waals surface area contributed by atoms with Gasteiger partial charge in [-0.25, -0.2) is 5.43 Å². The van der Waals surface area contributed by atoms with E-state index in [1.165, 1.54) is 43.9 Å². The molecule has 5 rings (SSSR count). The number of nitrogens with zero attached hydrogens (tertiary/aromatic N) is 1. The minimum atomic E-state index is -0.302. The van der Waals surface area contributed by atoms with E-state index in [4.69, 9.17) is 12.2 Å². The Morgan fingerprint density at radius 3 is 2.43 bits per heavy atom. The molecule has 1 aromatic rings. The number of hydrazone groups is 1. The number of H-pyrrole nitrogens is 2. The fourth-order valence-electron chi connectivity index (χ4n) is 4.80. The van der Waals surface area contributed by atoms with Crippen LogP contribution in [0.3, 0.4) is 0 Å². The predicted molar refractivity (Wildman–Crippen MR) is 88.6 cm³/mol. The van der Waals surface area contributed by atoms with Crippen LogP contribution in [0.15, 0.2) is 16.0 Å². The maximum absolute atomic E-state index is 12.1. The van der Waals surface area contributed by atoms with Crippen molar-refractivity contribution in [2.45, 2.75) is 38.5 Å². The fourth-order valence-corrected chi connectivity index (χ4v) is 5.04. The van der Waals surface area contributed by atoms with E-state index < -0.39 is 0 Å². The van der Waals surface area contributed by atoms with Crippen molar-refractivity contribution in [3.63, 3.8) is 0 Å². The first-order valence-electron chi connectivity index (χ1n) is 8.25. The molecule has 4 bridgehead atoms. The van der Waals surface area contributed by atoms with Gasteiger partial charge in [0.1, 0.15) is 0 Å². The average Bonchev–Trinajstić information content (AvgIpc) is 2.44. The van der Waals surface area contributed by atoms with Crippen LogP contribution in [0.1, 0.15) is 37.8 Å². The molecule has 1 heterocycles. The molecule has 0 unspecified atom stereocenters. The van der Waals surface area contributed by atoms with Crippen molar-refractivity contribution in [3.8, 4) is 0 Å². The van der Waals surface area contributed by atoms with Crippen molar-refractivity contribution in [2.75, 3.05) is 0 Å². The minimum absolute atomic E-state index is 0.0743. The molecular formula is C16H20N4O2S. The lowest BCUT2D eigenvalue weighted by Gasteiger charge is -2.50. The molecule has 1 aromatic heterocycles. The van der Waals surface area contributed by atoms with Crippen LogP contribution in [0.25, 0.3) is 0 Å². The molecule has 0 spiro atoms. The van der Waals surface area contributed by atoms with Gasteiger partial charge in [-0.15, -0.1) is 0 Å². The molecule has 4 fully saturated rings. The van der Waals surface area contributed by atoms with Gasteiger partial charge in [-0.3, -0.25) is 14.6 Å². The minimum Gasteiger partial charge on any atom is -0.335 e. The molecule has 0 saturated heterocycles. The van der Waals surface area contributed by atoms with Crippen molar-refractivity contribution >= 4 is 23.8 Å². The van der Waals surface area contributed by atoms with Crippen LogP contribution in [0.4, 0.5) is 0 Å². The van der Waals surface area contributed by atoms with Crippen LogP contribution in [0.5, 0.6) is 0 Å². The van der Waals surface area contributed by atoms with Gasteiger partial charge in [-0.2, -0.15) is 5.10 Å². The van der Waals surface area contributed by atoms with E-state index in [1.54, 1.807) is 0 Å². The van der Waals surface area contributed by atoms with Gasteiger partial charge in [0, 0.05) is 17.5 Å². The zero-order valence-corrected chi connectivity index (χ0v) is 13.6. The molecule has 6 nitrogen and oxygen atoms in total. The van der Waals surface area contributed by atoms with Gasteiger partial charge < -0.3 is 4.98 Å². The van der Waals surface area contributed by atoms with Crippen LogP contribution in [0.2, 0.25) is 0 Å². The summed E-state index contributed by atoms with van der Waals surface area (Å²) >= 11 is 4.91. The third kappa shape index (κ3) is 3.02. The second-order valence-electron chi connectivity index (χ2n) is 7.17. The summed E-state index contributed by atoms with van der Waals surface area (Å²) < 4.78 is 0.229. The molecule has 122 valence electrons. The number of carbonyl (C=O) groups is 1. The van der Waals surface area contributed by atoms with Gasteiger partial charge in [0.2, 0.25) is 5.91 Å². The van der Waals surface area contributed by atoms with E-state index >= 15 is 0 Å². The van der Waals surface area contributed by atoms with E-state index in [2.05, 4.69) is 20.5 Å². The van der Waals surface area contributed by atoms with Gasteiger partial charge in [0.25, 0.3) is 5.56 Å². The summed E-state index contributed by atoms with van der Waals surface area (Å²) in [5.74, 6) is 2.67. The summed E-state index contributed by atoms with van der Waals surface area (Å²) in [6, 6.07) is 1.35. The smallest absolute Gasteiger partial charge is 0.251 e. The van der Waals surface area contributed by atoms with Gasteiger partial charge in [-0.05, 0) is 68.0 Å². The normalized spacial score (nSPS) is 31.2. The van der Waals surface area contributed by atoms with E-state index in [-0.39, 0.29) is 22.7 Å². The zero-order valence-electron chi connectivity index (χ0n) is 12.8. The number of aromatic nitrogens is 2. The molecule has 23 heavy (non-hydrogen) atoms. The maximum atomic E-state index is 12.1. The van der Waals surface area contributed by atoms with Gasteiger partial charge in [-0.1, -0.05) is 0 Å². The Hall–Kier alpha value is -1.76. The maximum Gasteiger partial charge on any atom is 0.251 e. The second-order valence-corrected chi connectivity index (χ2v) is 7.57. The summed E-state index contributed by atoms with van der Waals surface area (Å²) in [6.07, 6.45) is 6.43. The molecule has 4 aliphatic rings. The van der Waals surface area contributed by atoms with E-state index in [9.17, 15) is 9.59 Å². The highest BCUT2D eigenvalue weighted by Crippen LogP contribution is 2.52. The molecule has 0 radical (unpaired) electrons. The molecule has 0 atom stereocenters. The number of aromatic amines is 2. The summed E-state index contributed by atoms with van der Waals surface area (Å²) in [4.78, 5) is 28.7. The fraction of sp³-hybridized carbons (Fsp3) is 0.625. The van der Waals surface area contributed by atoms with Crippen molar-refractivity contribution in [1.82, 2.24) is 15.4 Å². The van der Waals surface area contributed by atoms with Crippen LogP contribution in [-0.4, -0.2) is 21.6 Å². The molecule has 4 saturated carbocycles. The van der Waals surface area contributed by atoms with Crippen molar-refractivity contribution in [1.29, 1.82) is 0 Å². The first-order chi connectivity index (χ1) is 11.1. The van der Waals surface area contributed by atoms with Crippen LogP contribution in [0, 0.1) is 28.4 Å². The first-order valence-corrected chi connectivity index (χ1v) is 8.66. The number of hydrogen-bond acceptors (Lipinski definition) is 4. The third-order valence-electron chi connectivity index (χ3n) is 5.45. The highest BCUT2D eigenvalue weighted by molar-refractivity contribution is 7.71. The summed E-state index contributed by atoms with van der Waals surface area (Å²) in [7, 11) is 0. The predicted octanol–water partition coefficient (Wildman–Crippen LogP) is 1.90. The molecule has 0 aromatic carbocycles. The van der Waals surface area contributed by atoms with Crippen molar-refractivity contribution < 1.29 is 4.79 Å². The van der Waals surface area contributed by atoms with Crippen molar-refractivity contribution in [3.05, 3.63) is 26.9 Å². The van der Waals surface area contributed by atoms with Crippen LogP contribution >= 0.6 is 12.2 Å². The molecular weight excluding hydrogens is 312 g/mol.